The number of likely N-dealkylation sites (tertiary alicyclic amines) is 2. The van der Waals surface area contributed by atoms with Crippen LogP contribution in [0.3, 0.4) is 0 Å². The minimum Gasteiger partial charge on any atom is -0.465 e. The van der Waals surface area contributed by atoms with Gasteiger partial charge >= 0.3 is 18.9 Å². The molecule has 0 radical (unpaired) electrons. The lowest BCUT2D eigenvalue weighted by Crippen LogP contribution is -2.52. The number of rotatable bonds is 4. The molecule has 2 amide bonds. The van der Waals surface area contributed by atoms with Gasteiger partial charge in [0.05, 0.1) is 24.5 Å². The first-order valence-electron chi connectivity index (χ1n) is 7.84. The standard InChI is InChI=1S/C14H19F5N2O4/c15-12(16)25-7-10-5-9(14(17,18)19)2-4-21(10)11(22)8-1-3-20(6-8)13(23)24/h8-10,12H,1-7H2,(H,23,24)/t8?,9-,10-/m0/s1. The molecule has 0 spiro atoms. The van der Waals surface area contributed by atoms with Crippen molar-refractivity contribution >= 4 is 12.0 Å². The highest BCUT2D eigenvalue weighted by Gasteiger charge is 2.46. The molecule has 11 heteroatoms. The average Bonchev–Trinajstić information content (AvgIpc) is 3.01. The van der Waals surface area contributed by atoms with E-state index < -0.39 is 55.7 Å². The molecule has 144 valence electrons. The summed E-state index contributed by atoms with van der Waals surface area (Å²) in [5, 5.41) is 8.92. The van der Waals surface area contributed by atoms with E-state index in [1.807, 2.05) is 0 Å². The molecule has 0 aromatic rings. The zero-order valence-corrected chi connectivity index (χ0v) is 13.2. The van der Waals surface area contributed by atoms with Crippen molar-refractivity contribution in [3.05, 3.63) is 0 Å². The van der Waals surface area contributed by atoms with Gasteiger partial charge in [-0.05, 0) is 19.3 Å². The summed E-state index contributed by atoms with van der Waals surface area (Å²) in [7, 11) is 0. The Balaban J connectivity index is 2.05. The van der Waals surface area contributed by atoms with Crippen molar-refractivity contribution in [3.8, 4) is 0 Å². The zero-order valence-electron chi connectivity index (χ0n) is 13.2. The number of halogens is 5. The van der Waals surface area contributed by atoms with E-state index in [4.69, 9.17) is 5.11 Å². The fraction of sp³-hybridized carbons (Fsp3) is 0.857. The molecule has 0 aliphatic carbocycles. The lowest BCUT2D eigenvalue weighted by Gasteiger charge is -2.40. The number of alkyl halides is 5. The first kappa shape index (κ1) is 19.7. The number of piperidine rings is 1. The monoisotopic (exact) mass is 374 g/mol. The molecule has 2 aliphatic rings. The van der Waals surface area contributed by atoms with Crippen LogP contribution in [0.25, 0.3) is 0 Å². The summed E-state index contributed by atoms with van der Waals surface area (Å²) in [6.07, 6.45) is -6.20. The van der Waals surface area contributed by atoms with Crippen LogP contribution in [0.15, 0.2) is 0 Å². The molecule has 1 unspecified atom stereocenters. The molecule has 3 atom stereocenters. The topological polar surface area (TPSA) is 70.1 Å². The number of carbonyl (C=O) groups excluding carboxylic acids is 1. The molecule has 0 saturated carbocycles. The maximum atomic E-state index is 12.9. The van der Waals surface area contributed by atoms with E-state index in [2.05, 4.69) is 4.74 Å². The van der Waals surface area contributed by atoms with Gasteiger partial charge in [0.25, 0.3) is 0 Å². The fourth-order valence-corrected chi connectivity index (χ4v) is 3.35. The SMILES string of the molecule is O=C(O)N1CCC(C(=O)N2CC[C@H](C(F)(F)F)C[C@H]2COC(F)F)C1. The molecule has 0 bridgehead atoms. The highest BCUT2D eigenvalue weighted by atomic mass is 19.4. The second-order valence-corrected chi connectivity index (χ2v) is 6.26. The van der Waals surface area contributed by atoms with Crippen LogP contribution in [-0.4, -0.2) is 72.0 Å². The number of nitrogens with zero attached hydrogens (tertiary/aromatic N) is 2. The maximum absolute atomic E-state index is 12.9. The Morgan fingerprint density at radius 2 is 1.88 bits per heavy atom. The molecule has 6 nitrogen and oxygen atoms in total. The number of carbonyl (C=O) groups is 2. The molecule has 2 rings (SSSR count). The Morgan fingerprint density at radius 3 is 2.40 bits per heavy atom. The predicted octanol–water partition coefficient (Wildman–Crippen LogP) is 2.40. The zero-order chi connectivity index (χ0) is 18.8. The third-order valence-electron chi connectivity index (χ3n) is 4.68. The minimum absolute atomic E-state index is 0.0458. The van der Waals surface area contributed by atoms with E-state index in [0.29, 0.717) is 0 Å². The van der Waals surface area contributed by atoms with Gasteiger partial charge in [-0.15, -0.1) is 0 Å². The van der Waals surface area contributed by atoms with Gasteiger partial charge in [0, 0.05) is 19.6 Å². The van der Waals surface area contributed by atoms with Crippen molar-refractivity contribution in [2.75, 3.05) is 26.2 Å². The van der Waals surface area contributed by atoms with E-state index in [9.17, 15) is 31.5 Å². The number of amides is 2. The van der Waals surface area contributed by atoms with E-state index in [1.165, 1.54) is 0 Å². The van der Waals surface area contributed by atoms with Crippen LogP contribution in [0.5, 0.6) is 0 Å². The fourth-order valence-electron chi connectivity index (χ4n) is 3.35. The molecular formula is C14H19F5N2O4. The van der Waals surface area contributed by atoms with Crippen LogP contribution in [0.4, 0.5) is 26.7 Å². The summed E-state index contributed by atoms with van der Waals surface area (Å²) in [5.74, 6) is -2.86. The molecule has 2 heterocycles. The number of ether oxygens (including phenoxy) is 1. The van der Waals surface area contributed by atoms with Crippen molar-refractivity contribution < 1.29 is 41.4 Å². The third kappa shape index (κ3) is 4.93. The highest BCUT2D eigenvalue weighted by molar-refractivity contribution is 5.81. The number of carboxylic acid groups (broad SMARTS) is 1. The van der Waals surface area contributed by atoms with Crippen molar-refractivity contribution in [3.63, 3.8) is 0 Å². The largest absolute Gasteiger partial charge is 0.465 e. The lowest BCUT2D eigenvalue weighted by atomic mass is 9.89. The summed E-state index contributed by atoms with van der Waals surface area (Å²) in [6.45, 7) is -3.94. The van der Waals surface area contributed by atoms with Crippen molar-refractivity contribution in [1.82, 2.24) is 9.80 Å². The van der Waals surface area contributed by atoms with Gasteiger partial charge in [0.15, 0.2) is 0 Å². The molecule has 0 aromatic heterocycles. The van der Waals surface area contributed by atoms with Crippen LogP contribution in [0.2, 0.25) is 0 Å². The second kappa shape index (κ2) is 7.71. The highest BCUT2D eigenvalue weighted by Crippen LogP contribution is 2.37. The van der Waals surface area contributed by atoms with Crippen LogP contribution in [0, 0.1) is 11.8 Å². The van der Waals surface area contributed by atoms with Crippen LogP contribution in [0.1, 0.15) is 19.3 Å². The Morgan fingerprint density at radius 1 is 1.20 bits per heavy atom. The number of hydrogen-bond donors (Lipinski definition) is 1. The predicted molar refractivity (Wildman–Crippen MR) is 73.9 cm³/mol. The minimum atomic E-state index is -4.47. The summed E-state index contributed by atoms with van der Waals surface area (Å²) >= 11 is 0. The van der Waals surface area contributed by atoms with Gasteiger partial charge in [-0.25, -0.2) is 4.79 Å². The van der Waals surface area contributed by atoms with Gasteiger partial charge in [0.1, 0.15) is 0 Å². The van der Waals surface area contributed by atoms with E-state index in [0.717, 1.165) is 9.80 Å². The Hall–Kier alpha value is -1.65. The van der Waals surface area contributed by atoms with Gasteiger partial charge in [-0.3, -0.25) is 4.79 Å². The summed E-state index contributed by atoms with van der Waals surface area (Å²) in [6, 6.07) is -1.11. The smallest absolute Gasteiger partial charge is 0.407 e. The van der Waals surface area contributed by atoms with Crippen molar-refractivity contribution in [1.29, 1.82) is 0 Å². The molecule has 25 heavy (non-hydrogen) atoms. The van der Waals surface area contributed by atoms with Gasteiger partial charge in [-0.1, -0.05) is 0 Å². The second-order valence-electron chi connectivity index (χ2n) is 6.26. The maximum Gasteiger partial charge on any atom is 0.407 e. The lowest BCUT2D eigenvalue weighted by molar-refractivity contribution is -0.200. The van der Waals surface area contributed by atoms with E-state index >= 15 is 0 Å². The van der Waals surface area contributed by atoms with Crippen molar-refractivity contribution in [2.45, 2.75) is 38.1 Å². The summed E-state index contributed by atoms with van der Waals surface area (Å²) in [4.78, 5) is 25.7. The normalized spacial score (nSPS) is 27.8. The average molecular weight is 374 g/mol. The molecule has 2 fully saturated rings. The number of hydrogen-bond acceptors (Lipinski definition) is 3. The van der Waals surface area contributed by atoms with E-state index in [-0.39, 0.29) is 32.5 Å². The summed E-state index contributed by atoms with van der Waals surface area (Å²) < 4.78 is 67.4. The van der Waals surface area contributed by atoms with Crippen LogP contribution < -0.4 is 0 Å². The molecule has 1 N–H and O–H groups in total. The third-order valence-corrected chi connectivity index (χ3v) is 4.68. The first-order valence-corrected chi connectivity index (χ1v) is 7.84. The Kier molecular flexibility index (Phi) is 6.07. The van der Waals surface area contributed by atoms with E-state index in [1.54, 1.807) is 0 Å². The molecule has 2 aliphatic heterocycles. The molecule has 0 aromatic carbocycles. The first-order chi connectivity index (χ1) is 11.6. The van der Waals surface area contributed by atoms with Crippen molar-refractivity contribution in [2.24, 2.45) is 11.8 Å². The quantitative estimate of drug-likeness (QED) is 0.768. The van der Waals surface area contributed by atoms with Gasteiger partial charge < -0.3 is 19.6 Å². The molecule has 2 saturated heterocycles. The van der Waals surface area contributed by atoms with Crippen LogP contribution >= 0.6 is 0 Å². The summed E-state index contributed by atoms with van der Waals surface area (Å²) in [5.41, 5.74) is 0. The van der Waals surface area contributed by atoms with Gasteiger partial charge in [0.2, 0.25) is 5.91 Å². The Bertz CT molecular complexity index is 502. The molecular weight excluding hydrogens is 355 g/mol. The van der Waals surface area contributed by atoms with Crippen LogP contribution in [-0.2, 0) is 9.53 Å². The Labute approximate surface area is 140 Å². The van der Waals surface area contributed by atoms with Gasteiger partial charge in [-0.2, -0.15) is 22.0 Å².